The van der Waals surface area contributed by atoms with Crippen molar-refractivity contribution >= 4 is 0 Å². The van der Waals surface area contributed by atoms with E-state index < -0.39 is 0 Å². The number of aryl methyl sites for hydroxylation is 1. The van der Waals surface area contributed by atoms with Crippen molar-refractivity contribution in [3.63, 3.8) is 0 Å². The first-order valence-electron chi connectivity index (χ1n) is 6.74. The molecule has 0 amide bonds. The van der Waals surface area contributed by atoms with Gasteiger partial charge < -0.3 is 5.32 Å². The zero-order valence-electron chi connectivity index (χ0n) is 11.7. The summed E-state index contributed by atoms with van der Waals surface area (Å²) in [7, 11) is 1.96. The van der Waals surface area contributed by atoms with Crippen LogP contribution in [0.2, 0.25) is 0 Å². The molecule has 17 heavy (non-hydrogen) atoms. The average molecular weight is 238 g/mol. The Morgan fingerprint density at radius 1 is 1.35 bits per heavy atom. The maximum atomic E-state index is 4.29. The van der Waals surface area contributed by atoms with Crippen LogP contribution >= 0.6 is 0 Å². The number of rotatable bonds is 8. The standard InChI is InChI=1S/C13H26N4/c1-5-6-9-17-13(8-7-11(2)3)12(10-14-4)15-16-17/h11,14H,5-10H2,1-4H3. The minimum absolute atomic E-state index is 0.729. The Morgan fingerprint density at radius 2 is 2.12 bits per heavy atom. The molecule has 1 heterocycles. The number of hydrogen-bond donors (Lipinski definition) is 1. The average Bonchev–Trinajstić information content (AvgIpc) is 2.67. The summed E-state index contributed by atoms with van der Waals surface area (Å²) in [6.45, 7) is 8.55. The first kappa shape index (κ1) is 14.2. The lowest BCUT2D eigenvalue weighted by atomic mass is 10.1. The highest BCUT2D eigenvalue weighted by Crippen LogP contribution is 2.13. The van der Waals surface area contributed by atoms with E-state index in [1.165, 1.54) is 25.0 Å². The van der Waals surface area contributed by atoms with Crippen molar-refractivity contribution in [3.05, 3.63) is 11.4 Å². The van der Waals surface area contributed by atoms with Crippen molar-refractivity contribution in [3.8, 4) is 0 Å². The molecule has 98 valence electrons. The molecule has 4 heteroatoms. The summed E-state index contributed by atoms with van der Waals surface area (Å²) in [5.41, 5.74) is 2.44. The fourth-order valence-electron chi connectivity index (χ4n) is 1.86. The second kappa shape index (κ2) is 7.43. The summed E-state index contributed by atoms with van der Waals surface area (Å²) in [4.78, 5) is 0. The van der Waals surface area contributed by atoms with Crippen LogP contribution in [0, 0.1) is 5.92 Å². The summed E-state index contributed by atoms with van der Waals surface area (Å²) in [5, 5.41) is 11.7. The van der Waals surface area contributed by atoms with E-state index in [-0.39, 0.29) is 0 Å². The van der Waals surface area contributed by atoms with E-state index in [0.29, 0.717) is 0 Å². The number of nitrogens with one attached hydrogen (secondary N) is 1. The molecule has 0 saturated heterocycles. The second-order valence-electron chi connectivity index (χ2n) is 5.02. The van der Waals surface area contributed by atoms with Crippen LogP contribution in [-0.4, -0.2) is 22.0 Å². The van der Waals surface area contributed by atoms with E-state index in [0.717, 1.165) is 31.1 Å². The molecule has 1 rings (SSSR count). The van der Waals surface area contributed by atoms with E-state index in [2.05, 4.69) is 41.1 Å². The van der Waals surface area contributed by atoms with E-state index in [1.807, 2.05) is 7.05 Å². The van der Waals surface area contributed by atoms with Crippen molar-refractivity contribution < 1.29 is 0 Å². The van der Waals surface area contributed by atoms with Gasteiger partial charge in [-0.3, -0.25) is 0 Å². The third kappa shape index (κ3) is 4.46. The summed E-state index contributed by atoms with van der Waals surface area (Å²) >= 11 is 0. The molecule has 0 aliphatic rings. The Bertz CT molecular complexity index is 317. The van der Waals surface area contributed by atoms with Gasteiger partial charge in [-0.1, -0.05) is 32.4 Å². The highest BCUT2D eigenvalue weighted by molar-refractivity contribution is 5.10. The van der Waals surface area contributed by atoms with E-state index in [9.17, 15) is 0 Å². The second-order valence-corrected chi connectivity index (χ2v) is 5.02. The van der Waals surface area contributed by atoms with Crippen LogP contribution in [0.15, 0.2) is 0 Å². The Kier molecular flexibility index (Phi) is 6.19. The summed E-state index contributed by atoms with van der Waals surface area (Å²) in [6, 6.07) is 0. The largest absolute Gasteiger partial charge is 0.314 e. The van der Waals surface area contributed by atoms with Crippen molar-refractivity contribution in [2.75, 3.05) is 7.05 Å². The van der Waals surface area contributed by atoms with Crippen LogP contribution in [0.5, 0.6) is 0 Å². The molecule has 0 fully saturated rings. The zero-order valence-corrected chi connectivity index (χ0v) is 11.7. The Labute approximate surface area is 105 Å². The van der Waals surface area contributed by atoms with Crippen LogP contribution < -0.4 is 5.32 Å². The van der Waals surface area contributed by atoms with E-state index in [1.54, 1.807) is 0 Å². The molecule has 1 N–H and O–H groups in total. The molecule has 0 atom stereocenters. The quantitative estimate of drug-likeness (QED) is 0.756. The number of unbranched alkanes of at least 4 members (excludes halogenated alkanes) is 1. The lowest BCUT2D eigenvalue weighted by Gasteiger charge is -2.09. The first-order chi connectivity index (χ1) is 8.19. The summed E-state index contributed by atoms with van der Waals surface area (Å²) in [5.74, 6) is 0.729. The fourth-order valence-corrected chi connectivity index (χ4v) is 1.86. The molecular formula is C13H26N4. The fraction of sp³-hybridized carbons (Fsp3) is 0.846. The molecule has 0 bridgehead atoms. The van der Waals surface area contributed by atoms with Gasteiger partial charge in [0, 0.05) is 13.1 Å². The number of nitrogens with zero attached hydrogens (tertiary/aromatic N) is 3. The van der Waals surface area contributed by atoms with Crippen LogP contribution in [0.4, 0.5) is 0 Å². The zero-order chi connectivity index (χ0) is 12.7. The van der Waals surface area contributed by atoms with Gasteiger partial charge in [0.1, 0.15) is 0 Å². The highest BCUT2D eigenvalue weighted by atomic mass is 15.4. The third-order valence-electron chi connectivity index (χ3n) is 2.94. The predicted molar refractivity (Wildman–Crippen MR) is 70.9 cm³/mol. The summed E-state index contributed by atoms with van der Waals surface area (Å²) < 4.78 is 2.10. The molecule has 1 aromatic rings. The maximum Gasteiger partial charge on any atom is 0.0996 e. The molecule has 0 aromatic carbocycles. The van der Waals surface area contributed by atoms with E-state index in [4.69, 9.17) is 0 Å². The van der Waals surface area contributed by atoms with Crippen LogP contribution in [0.25, 0.3) is 0 Å². The molecule has 0 aliphatic heterocycles. The van der Waals surface area contributed by atoms with Crippen LogP contribution in [-0.2, 0) is 19.5 Å². The number of aromatic nitrogens is 3. The molecule has 0 radical (unpaired) electrons. The lowest BCUT2D eigenvalue weighted by molar-refractivity contribution is 0.509. The van der Waals surface area contributed by atoms with Crippen molar-refractivity contribution in [1.29, 1.82) is 0 Å². The van der Waals surface area contributed by atoms with Gasteiger partial charge in [-0.15, -0.1) is 5.10 Å². The number of hydrogen-bond acceptors (Lipinski definition) is 3. The van der Waals surface area contributed by atoms with Crippen molar-refractivity contribution in [1.82, 2.24) is 20.3 Å². The van der Waals surface area contributed by atoms with Gasteiger partial charge in [-0.05, 0) is 32.2 Å². The molecule has 0 aliphatic carbocycles. The van der Waals surface area contributed by atoms with Gasteiger partial charge in [0.15, 0.2) is 0 Å². The molecular weight excluding hydrogens is 212 g/mol. The molecule has 1 aromatic heterocycles. The molecule has 0 unspecified atom stereocenters. The summed E-state index contributed by atoms with van der Waals surface area (Å²) in [6.07, 6.45) is 4.67. The first-order valence-corrected chi connectivity index (χ1v) is 6.74. The lowest BCUT2D eigenvalue weighted by Crippen LogP contribution is -2.11. The molecule has 0 spiro atoms. The Balaban J connectivity index is 2.73. The normalized spacial score (nSPS) is 11.4. The van der Waals surface area contributed by atoms with Gasteiger partial charge in [0.05, 0.1) is 11.4 Å². The van der Waals surface area contributed by atoms with Crippen LogP contribution in [0.3, 0.4) is 0 Å². The monoisotopic (exact) mass is 238 g/mol. The van der Waals surface area contributed by atoms with Gasteiger partial charge in [0.25, 0.3) is 0 Å². The Hall–Kier alpha value is -0.900. The van der Waals surface area contributed by atoms with Gasteiger partial charge >= 0.3 is 0 Å². The van der Waals surface area contributed by atoms with Crippen LogP contribution in [0.1, 0.15) is 51.4 Å². The predicted octanol–water partition coefficient (Wildman–Crippen LogP) is 2.39. The topological polar surface area (TPSA) is 42.7 Å². The minimum atomic E-state index is 0.729. The smallest absolute Gasteiger partial charge is 0.0996 e. The minimum Gasteiger partial charge on any atom is -0.314 e. The maximum absolute atomic E-state index is 4.29. The highest BCUT2D eigenvalue weighted by Gasteiger charge is 2.12. The van der Waals surface area contributed by atoms with Crippen molar-refractivity contribution in [2.45, 2.75) is 59.5 Å². The SMILES string of the molecule is CCCCn1nnc(CNC)c1CCC(C)C. The Morgan fingerprint density at radius 3 is 2.71 bits per heavy atom. The molecule has 4 nitrogen and oxygen atoms in total. The van der Waals surface area contributed by atoms with Gasteiger partial charge in [0.2, 0.25) is 0 Å². The van der Waals surface area contributed by atoms with Gasteiger partial charge in [-0.25, -0.2) is 4.68 Å². The van der Waals surface area contributed by atoms with E-state index >= 15 is 0 Å². The van der Waals surface area contributed by atoms with Gasteiger partial charge in [-0.2, -0.15) is 0 Å². The third-order valence-corrected chi connectivity index (χ3v) is 2.94. The van der Waals surface area contributed by atoms with Crippen molar-refractivity contribution in [2.24, 2.45) is 5.92 Å². The molecule has 0 saturated carbocycles.